The average Bonchev–Trinajstić information content (AvgIpc) is 2.61. The molecule has 0 heterocycles. The van der Waals surface area contributed by atoms with E-state index in [2.05, 4.69) is 21.2 Å². The molecule has 2 aromatic rings. The molecule has 0 unspecified atom stereocenters. The highest BCUT2D eigenvalue weighted by molar-refractivity contribution is 9.10. The number of amides is 1. The number of nitriles is 1. The van der Waals surface area contributed by atoms with Crippen LogP contribution < -0.4 is 5.32 Å². The summed E-state index contributed by atoms with van der Waals surface area (Å²) in [5.74, 6) is -0.805. The van der Waals surface area contributed by atoms with Crippen molar-refractivity contribution < 1.29 is 14.6 Å². The molecule has 0 spiro atoms. The van der Waals surface area contributed by atoms with E-state index in [0.717, 1.165) is 6.08 Å². The van der Waals surface area contributed by atoms with E-state index in [4.69, 9.17) is 0 Å². The average molecular weight is 417 g/mol. The maximum absolute atomic E-state index is 12.3. The molecule has 0 saturated carbocycles. The van der Waals surface area contributed by atoms with Crippen LogP contribution in [0.4, 0.5) is 17.1 Å². The second-order valence-corrected chi connectivity index (χ2v) is 5.72. The van der Waals surface area contributed by atoms with E-state index in [9.17, 15) is 30.3 Å². The van der Waals surface area contributed by atoms with Crippen molar-refractivity contribution in [1.29, 1.82) is 5.26 Å². The van der Waals surface area contributed by atoms with Crippen LogP contribution in [0.15, 0.2) is 52.5 Å². The summed E-state index contributed by atoms with van der Waals surface area (Å²) in [6.07, 6.45) is 1.10. The van der Waals surface area contributed by atoms with Crippen molar-refractivity contribution in [3.05, 3.63) is 78.3 Å². The Balaban J connectivity index is 2.32. The Morgan fingerprint density at radius 3 is 2.42 bits per heavy atom. The monoisotopic (exact) mass is 416 g/mol. The van der Waals surface area contributed by atoms with Crippen molar-refractivity contribution >= 4 is 45.0 Å². The first kappa shape index (κ1) is 18.8. The Hall–Kier alpha value is -3.58. The van der Waals surface area contributed by atoms with Crippen LogP contribution in [-0.4, -0.2) is 15.8 Å². The van der Waals surface area contributed by atoms with Crippen molar-refractivity contribution in [1.82, 2.24) is 0 Å². The number of nitro benzene ring substituents is 2. The Morgan fingerprint density at radius 2 is 1.85 bits per heavy atom. The standard InChI is InChI=1S/C16H9BrN4O5/c17-13-8-12(20(23)24)5-6-14(13)19-16(22)11(9-18)7-10-3-1-2-4-15(10)21(25)26/h1-8H,(H,19,22)/b11-7+. The predicted molar refractivity (Wildman–Crippen MR) is 96.1 cm³/mol. The molecule has 0 aromatic heterocycles. The Morgan fingerprint density at radius 1 is 1.15 bits per heavy atom. The molecule has 130 valence electrons. The highest BCUT2D eigenvalue weighted by atomic mass is 79.9. The lowest BCUT2D eigenvalue weighted by Gasteiger charge is -2.06. The lowest BCUT2D eigenvalue weighted by molar-refractivity contribution is -0.385. The van der Waals surface area contributed by atoms with Crippen LogP contribution in [-0.2, 0) is 4.79 Å². The number of anilines is 1. The van der Waals surface area contributed by atoms with E-state index in [1.807, 2.05) is 0 Å². The third-order valence-electron chi connectivity index (χ3n) is 3.21. The molecule has 2 rings (SSSR count). The second kappa shape index (κ2) is 8.00. The van der Waals surface area contributed by atoms with Gasteiger partial charge in [-0.2, -0.15) is 5.26 Å². The Kier molecular flexibility index (Phi) is 5.77. The van der Waals surface area contributed by atoms with Crippen molar-refractivity contribution in [3.63, 3.8) is 0 Å². The molecule has 0 aliphatic rings. The number of nitro groups is 2. The maximum atomic E-state index is 12.3. The van der Waals surface area contributed by atoms with Gasteiger partial charge in [0.1, 0.15) is 11.6 Å². The molecule has 0 aliphatic heterocycles. The van der Waals surface area contributed by atoms with Crippen molar-refractivity contribution in [3.8, 4) is 6.07 Å². The van der Waals surface area contributed by atoms with Crippen molar-refractivity contribution in [2.24, 2.45) is 0 Å². The van der Waals surface area contributed by atoms with Gasteiger partial charge >= 0.3 is 0 Å². The van der Waals surface area contributed by atoms with Gasteiger partial charge in [-0.05, 0) is 34.1 Å². The number of non-ortho nitro benzene ring substituents is 1. The van der Waals surface area contributed by atoms with Gasteiger partial charge in [0, 0.05) is 22.7 Å². The van der Waals surface area contributed by atoms with Gasteiger partial charge in [-0.25, -0.2) is 0 Å². The number of carbonyl (C=O) groups excluding carboxylic acids is 1. The highest BCUT2D eigenvalue weighted by Crippen LogP contribution is 2.28. The van der Waals surface area contributed by atoms with E-state index in [0.29, 0.717) is 0 Å². The van der Waals surface area contributed by atoms with E-state index >= 15 is 0 Å². The zero-order valence-electron chi connectivity index (χ0n) is 12.9. The van der Waals surface area contributed by atoms with E-state index in [-0.39, 0.29) is 32.7 Å². The lowest BCUT2D eigenvalue weighted by Crippen LogP contribution is -2.14. The third kappa shape index (κ3) is 4.28. The summed E-state index contributed by atoms with van der Waals surface area (Å²) in [6.45, 7) is 0. The topological polar surface area (TPSA) is 139 Å². The third-order valence-corrected chi connectivity index (χ3v) is 3.87. The van der Waals surface area contributed by atoms with E-state index < -0.39 is 15.8 Å². The minimum atomic E-state index is -0.805. The highest BCUT2D eigenvalue weighted by Gasteiger charge is 2.17. The minimum absolute atomic E-state index is 0.104. The van der Waals surface area contributed by atoms with Gasteiger partial charge in [-0.3, -0.25) is 25.0 Å². The summed E-state index contributed by atoms with van der Waals surface area (Å²) < 4.78 is 0.253. The van der Waals surface area contributed by atoms with Gasteiger partial charge in [-0.1, -0.05) is 12.1 Å². The van der Waals surface area contributed by atoms with E-state index in [1.165, 1.54) is 36.4 Å². The molecular formula is C16H9BrN4O5. The summed E-state index contributed by atoms with van der Waals surface area (Å²) >= 11 is 3.10. The Bertz CT molecular complexity index is 981. The number of para-hydroxylation sites is 1. The van der Waals surface area contributed by atoms with Crippen LogP contribution in [0.2, 0.25) is 0 Å². The molecule has 0 fully saturated rings. The zero-order chi connectivity index (χ0) is 19.3. The fourth-order valence-corrected chi connectivity index (χ4v) is 2.45. The van der Waals surface area contributed by atoms with Crippen molar-refractivity contribution in [2.45, 2.75) is 0 Å². The maximum Gasteiger partial charge on any atom is 0.276 e. The van der Waals surface area contributed by atoms with Gasteiger partial charge in [0.05, 0.1) is 21.1 Å². The second-order valence-electron chi connectivity index (χ2n) is 4.86. The number of nitrogens with zero attached hydrogens (tertiary/aromatic N) is 3. The molecule has 0 atom stereocenters. The van der Waals surface area contributed by atoms with Gasteiger partial charge in [-0.15, -0.1) is 0 Å². The molecule has 26 heavy (non-hydrogen) atoms. The fraction of sp³-hybridized carbons (Fsp3) is 0. The molecule has 1 amide bonds. The SMILES string of the molecule is N#C/C(=C\c1ccccc1[N+](=O)[O-])C(=O)Nc1ccc([N+](=O)[O-])cc1Br. The zero-order valence-corrected chi connectivity index (χ0v) is 14.5. The van der Waals surface area contributed by atoms with Crippen LogP contribution >= 0.6 is 15.9 Å². The number of rotatable bonds is 5. The number of benzene rings is 2. The van der Waals surface area contributed by atoms with Crippen LogP contribution in [0.3, 0.4) is 0 Å². The van der Waals surface area contributed by atoms with Crippen molar-refractivity contribution in [2.75, 3.05) is 5.32 Å². The fourth-order valence-electron chi connectivity index (χ4n) is 1.99. The van der Waals surface area contributed by atoms with Crippen LogP contribution in [0, 0.1) is 31.6 Å². The number of hydrogen-bond donors (Lipinski definition) is 1. The molecule has 0 saturated heterocycles. The first-order valence-electron chi connectivity index (χ1n) is 6.94. The van der Waals surface area contributed by atoms with Crippen LogP contribution in [0.25, 0.3) is 6.08 Å². The predicted octanol–water partition coefficient (Wildman–Crippen LogP) is 3.81. The van der Waals surface area contributed by atoms with Gasteiger partial charge in [0.25, 0.3) is 17.3 Å². The van der Waals surface area contributed by atoms with E-state index in [1.54, 1.807) is 12.1 Å². The summed E-state index contributed by atoms with van der Waals surface area (Å²) in [6, 6.07) is 11.1. The smallest absolute Gasteiger partial charge is 0.276 e. The first-order chi connectivity index (χ1) is 12.3. The number of nitrogens with one attached hydrogen (secondary N) is 1. The lowest BCUT2D eigenvalue weighted by atomic mass is 10.1. The molecular weight excluding hydrogens is 408 g/mol. The molecule has 9 nitrogen and oxygen atoms in total. The Labute approximate surface area is 155 Å². The molecule has 0 radical (unpaired) electrons. The summed E-state index contributed by atoms with van der Waals surface area (Å²) in [5, 5.41) is 33.4. The molecule has 10 heteroatoms. The van der Waals surface area contributed by atoms with Crippen LogP contribution in [0.1, 0.15) is 5.56 Å². The summed E-state index contributed by atoms with van der Waals surface area (Å²) in [4.78, 5) is 32.8. The number of halogens is 1. The number of carbonyl (C=O) groups is 1. The summed E-state index contributed by atoms with van der Waals surface area (Å²) in [5.41, 5.74) is -0.462. The largest absolute Gasteiger partial charge is 0.320 e. The molecule has 1 N–H and O–H groups in total. The van der Waals surface area contributed by atoms with Gasteiger partial charge in [0.2, 0.25) is 0 Å². The quantitative estimate of drug-likeness (QED) is 0.340. The first-order valence-corrected chi connectivity index (χ1v) is 7.73. The number of hydrogen-bond acceptors (Lipinski definition) is 6. The molecule has 2 aromatic carbocycles. The van der Waals surface area contributed by atoms with Crippen LogP contribution in [0.5, 0.6) is 0 Å². The summed E-state index contributed by atoms with van der Waals surface area (Å²) in [7, 11) is 0. The normalized spacial score (nSPS) is 10.7. The van der Waals surface area contributed by atoms with Gasteiger partial charge in [0.15, 0.2) is 0 Å². The van der Waals surface area contributed by atoms with Gasteiger partial charge < -0.3 is 5.32 Å². The molecule has 0 aliphatic carbocycles. The minimum Gasteiger partial charge on any atom is -0.320 e. The molecule has 0 bridgehead atoms.